The van der Waals surface area contributed by atoms with Crippen LogP contribution in [0, 0.1) is 12.7 Å². The van der Waals surface area contributed by atoms with Gasteiger partial charge in [-0.15, -0.1) is 0 Å². The maximum absolute atomic E-state index is 13.5. The summed E-state index contributed by atoms with van der Waals surface area (Å²) in [4.78, 5) is 8.87. The number of hydrogen-bond donors (Lipinski definition) is 2. The summed E-state index contributed by atoms with van der Waals surface area (Å²) in [5.41, 5.74) is 4.17. The molecule has 2 heterocycles. The monoisotopic (exact) mass is 604 g/mol. The largest absolute Gasteiger partial charge is 0.489 e. The Labute approximate surface area is 252 Å². The smallest absolute Gasteiger partial charge is 0.148 e. The van der Waals surface area contributed by atoms with Crippen molar-refractivity contribution in [3.8, 4) is 17.1 Å². The number of ether oxygens (including phenoxy) is 1. The number of aryl methyl sites for hydroxylation is 1. The summed E-state index contributed by atoms with van der Waals surface area (Å²) < 4.78 is 48.0. The number of aromatic nitrogens is 2. The van der Waals surface area contributed by atoms with Crippen LogP contribution >= 0.6 is 0 Å². The number of hydrogen-bond acceptors (Lipinski definition) is 8. The number of rotatable bonds is 11. The predicted octanol–water partition coefficient (Wildman–Crippen LogP) is 7.21. The lowest BCUT2D eigenvalue weighted by Gasteiger charge is -2.13. The summed E-state index contributed by atoms with van der Waals surface area (Å²) in [5, 5.41) is 7.30. The average molecular weight is 605 g/mol. The van der Waals surface area contributed by atoms with E-state index in [1.165, 1.54) is 31.1 Å². The molecular formula is C33H37FN4O4S. The first-order valence-electron chi connectivity index (χ1n) is 14.1. The zero-order valence-electron chi connectivity index (χ0n) is 24.9. The molecule has 0 unspecified atom stereocenters. The second-order valence-corrected chi connectivity index (χ2v) is 12.5. The van der Waals surface area contributed by atoms with Gasteiger partial charge in [-0.1, -0.05) is 32.4 Å². The molecule has 10 heteroatoms. The minimum absolute atomic E-state index is 0.0746. The zero-order valence-corrected chi connectivity index (χ0v) is 25.7. The van der Waals surface area contributed by atoms with E-state index < -0.39 is 9.84 Å². The second kappa shape index (κ2) is 14.8. The van der Waals surface area contributed by atoms with Gasteiger partial charge < -0.3 is 19.8 Å². The first kappa shape index (κ1) is 31.7. The maximum atomic E-state index is 13.5. The molecule has 5 rings (SSSR count). The molecule has 2 aromatic heterocycles. The van der Waals surface area contributed by atoms with Gasteiger partial charge in [0.15, 0.2) is 0 Å². The Morgan fingerprint density at radius 3 is 2.53 bits per heavy atom. The Morgan fingerprint density at radius 1 is 0.977 bits per heavy atom. The number of anilines is 2. The first-order chi connectivity index (χ1) is 20.6. The standard InChI is InChI=1S/C30H29FN4O4S.C3H8/c1-20-14-24(7-10-28(20)38-18-21-4-3-5-23(31)15-21)35-30-26-16-22(6-9-27(26)33-19-34-30)29-11-8-25(39-29)17-32-12-13-40(2,36)37;1-3-2/h3-11,14-16,19,32H,12-13,17-18H2,1-2H3,(H,33,34,35);3H2,1-2H3. The summed E-state index contributed by atoms with van der Waals surface area (Å²) in [5.74, 6) is 2.54. The van der Waals surface area contributed by atoms with Gasteiger partial charge in [0.1, 0.15) is 51.7 Å². The van der Waals surface area contributed by atoms with Crippen LogP contribution in [0.25, 0.3) is 22.2 Å². The van der Waals surface area contributed by atoms with Crippen molar-refractivity contribution in [3.63, 3.8) is 0 Å². The molecule has 0 amide bonds. The van der Waals surface area contributed by atoms with E-state index in [2.05, 4.69) is 34.4 Å². The SMILES string of the molecule is CCC.Cc1cc(Nc2ncnc3ccc(-c4ccc(CNCCS(C)(=O)=O)o4)cc23)ccc1OCc1cccc(F)c1. The van der Waals surface area contributed by atoms with Gasteiger partial charge in [0.25, 0.3) is 0 Å². The third-order valence-electron chi connectivity index (χ3n) is 6.25. The summed E-state index contributed by atoms with van der Waals surface area (Å²) in [6, 6.07) is 21.7. The summed E-state index contributed by atoms with van der Waals surface area (Å²) in [7, 11) is -3.01. The van der Waals surface area contributed by atoms with Crippen molar-refractivity contribution in [2.24, 2.45) is 0 Å². The normalized spacial score (nSPS) is 11.2. The Balaban J connectivity index is 0.00000135. The zero-order chi connectivity index (χ0) is 30.8. The third kappa shape index (κ3) is 9.36. The molecule has 0 fully saturated rings. The number of benzene rings is 3. The van der Waals surface area contributed by atoms with Crippen molar-refractivity contribution in [2.45, 2.75) is 40.3 Å². The van der Waals surface area contributed by atoms with Crippen LogP contribution in [-0.2, 0) is 23.0 Å². The summed E-state index contributed by atoms with van der Waals surface area (Å²) >= 11 is 0. The van der Waals surface area contributed by atoms with E-state index in [9.17, 15) is 12.8 Å². The maximum Gasteiger partial charge on any atom is 0.148 e. The van der Waals surface area contributed by atoms with Gasteiger partial charge in [0.2, 0.25) is 0 Å². The minimum atomic E-state index is -3.01. The van der Waals surface area contributed by atoms with E-state index in [4.69, 9.17) is 9.15 Å². The quantitative estimate of drug-likeness (QED) is 0.152. The van der Waals surface area contributed by atoms with Gasteiger partial charge in [0, 0.05) is 29.4 Å². The Kier molecular flexibility index (Phi) is 10.9. The van der Waals surface area contributed by atoms with Crippen LogP contribution < -0.4 is 15.4 Å². The molecule has 2 N–H and O–H groups in total. The van der Waals surface area contributed by atoms with Crippen molar-refractivity contribution < 1.29 is 22.0 Å². The number of fused-ring (bicyclic) bond motifs is 1. The summed E-state index contributed by atoms with van der Waals surface area (Å²) in [6.45, 7) is 7.26. The molecule has 5 aromatic rings. The van der Waals surface area contributed by atoms with Crippen molar-refractivity contribution in [3.05, 3.63) is 102 Å². The fraction of sp³-hybridized carbons (Fsp3) is 0.273. The van der Waals surface area contributed by atoms with Crippen LogP contribution in [0.2, 0.25) is 0 Å². The molecule has 0 spiro atoms. The molecule has 0 saturated carbocycles. The van der Waals surface area contributed by atoms with Gasteiger partial charge in [-0.25, -0.2) is 22.8 Å². The number of furan rings is 1. The van der Waals surface area contributed by atoms with Crippen molar-refractivity contribution in [1.29, 1.82) is 0 Å². The van der Waals surface area contributed by atoms with Crippen molar-refractivity contribution >= 4 is 32.2 Å². The predicted molar refractivity (Wildman–Crippen MR) is 170 cm³/mol. The van der Waals surface area contributed by atoms with Gasteiger partial charge in [-0.2, -0.15) is 0 Å². The highest BCUT2D eigenvalue weighted by Gasteiger charge is 2.11. The van der Waals surface area contributed by atoms with Crippen LogP contribution in [0.1, 0.15) is 37.2 Å². The number of nitrogens with zero attached hydrogens (tertiary/aromatic N) is 2. The molecular weight excluding hydrogens is 567 g/mol. The lowest BCUT2D eigenvalue weighted by Crippen LogP contribution is -2.21. The van der Waals surface area contributed by atoms with Gasteiger partial charge in [0.05, 0.1) is 17.8 Å². The van der Waals surface area contributed by atoms with Crippen LogP contribution in [0.5, 0.6) is 5.75 Å². The van der Waals surface area contributed by atoms with Crippen LogP contribution in [-0.4, -0.2) is 36.9 Å². The lowest BCUT2D eigenvalue weighted by molar-refractivity contribution is 0.303. The highest BCUT2D eigenvalue weighted by molar-refractivity contribution is 7.90. The van der Waals surface area contributed by atoms with Gasteiger partial charge in [-0.3, -0.25) is 0 Å². The summed E-state index contributed by atoms with van der Waals surface area (Å²) in [6.07, 6.45) is 3.98. The molecule has 226 valence electrons. The van der Waals surface area contributed by atoms with Crippen molar-refractivity contribution in [2.75, 3.05) is 23.9 Å². The molecule has 0 bridgehead atoms. The lowest BCUT2D eigenvalue weighted by atomic mass is 10.1. The Morgan fingerprint density at radius 2 is 1.79 bits per heavy atom. The van der Waals surface area contributed by atoms with E-state index in [-0.39, 0.29) is 18.2 Å². The van der Waals surface area contributed by atoms with E-state index in [0.717, 1.165) is 33.3 Å². The van der Waals surface area contributed by atoms with Crippen LogP contribution in [0.3, 0.4) is 0 Å². The number of halogens is 1. The van der Waals surface area contributed by atoms with E-state index in [1.807, 2.05) is 61.5 Å². The first-order valence-corrected chi connectivity index (χ1v) is 16.2. The molecule has 0 aliphatic carbocycles. The molecule has 0 aliphatic heterocycles. The Hall–Kier alpha value is -4.28. The topological polar surface area (TPSA) is 106 Å². The number of nitrogens with one attached hydrogen (secondary N) is 2. The van der Waals surface area contributed by atoms with Gasteiger partial charge in [-0.05, 0) is 78.7 Å². The fourth-order valence-corrected chi connectivity index (χ4v) is 4.74. The number of sulfone groups is 1. The van der Waals surface area contributed by atoms with Crippen LogP contribution in [0.4, 0.5) is 15.9 Å². The van der Waals surface area contributed by atoms with E-state index in [0.29, 0.717) is 36.2 Å². The average Bonchev–Trinajstić information content (AvgIpc) is 3.44. The molecule has 0 saturated heterocycles. The molecule has 43 heavy (non-hydrogen) atoms. The minimum Gasteiger partial charge on any atom is -0.489 e. The molecule has 0 aliphatic rings. The van der Waals surface area contributed by atoms with E-state index in [1.54, 1.807) is 6.07 Å². The van der Waals surface area contributed by atoms with E-state index >= 15 is 0 Å². The van der Waals surface area contributed by atoms with Gasteiger partial charge >= 0.3 is 0 Å². The van der Waals surface area contributed by atoms with Crippen molar-refractivity contribution in [1.82, 2.24) is 15.3 Å². The highest BCUT2D eigenvalue weighted by atomic mass is 32.2. The second-order valence-electron chi connectivity index (χ2n) is 10.3. The molecule has 0 radical (unpaired) electrons. The van der Waals surface area contributed by atoms with Crippen LogP contribution in [0.15, 0.2) is 83.5 Å². The molecule has 0 atom stereocenters. The highest BCUT2D eigenvalue weighted by Crippen LogP contribution is 2.31. The molecule has 8 nitrogen and oxygen atoms in total. The third-order valence-corrected chi connectivity index (χ3v) is 7.20. The molecule has 3 aromatic carbocycles. The Bertz CT molecular complexity index is 1770. The fourth-order valence-electron chi connectivity index (χ4n) is 4.22.